The zero-order chi connectivity index (χ0) is 21.4. The average Bonchev–Trinajstić information content (AvgIpc) is 2.68. The molecule has 2 amide bonds. The maximum Gasteiger partial charge on any atom is 0.313 e. The van der Waals surface area contributed by atoms with Crippen LogP contribution in [0.1, 0.15) is 43.0 Å². The Balaban J connectivity index is 2.18. The standard InChI is InChI=1S/C21H24N2O6/c1-2-21(13-6-5-9-15(21)20(28)29)23-19(27)14-8-3-4-10-16(14)22-17(24)11-7-12-18(25)26/h3-6,8-10,13,15H,2,7,11-12H2,1H3,(H,22,24)(H,23,27)(H,25,26)(H,28,29). The zero-order valence-corrected chi connectivity index (χ0v) is 16.1. The molecule has 0 aromatic heterocycles. The molecule has 0 saturated carbocycles. The summed E-state index contributed by atoms with van der Waals surface area (Å²) < 4.78 is 0. The van der Waals surface area contributed by atoms with Gasteiger partial charge in [0.1, 0.15) is 5.92 Å². The van der Waals surface area contributed by atoms with E-state index in [1.54, 1.807) is 43.4 Å². The van der Waals surface area contributed by atoms with Crippen LogP contribution in [-0.4, -0.2) is 39.5 Å². The van der Waals surface area contributed by atoms with E-state index in [1.807, 2.05) is 0 Å². The van der Waals surface area contributed by atoms with Crippen LogP contribution in [0.15, 0.2) is 48.6 Å². The quantitative estimate of drug-likeness (QED) is 0.504. The molecule has 1 aromatic rings. The van der Waals surface area contributed by atoms with Crippen molar-refractivity contribution in [2.75, 3.05) is 5.32 Å². The third-order valence-corrected chi connectivity index (χ3v) is 4.80. The number of carboxylic acid groups (broad SMARTS) is 2. The average molecular weight is 400 g/mol. The monoisotopic (exact) mass is 400 g/mol. The molecule has 154 valence electrons. The molecule has 0 heterocycles. The molecular weight excluding hydrogens is 376 g/mol. The molecule has 1 aromatic carbocycles. The number of allylic oxidation sites excluding steroid dienone is 2. The first-order valence-corrected chi connectivity index (χ1v) is 9.31. The molecule has 8 nitrogen and oxygen atoms in total. The Bertz CT molecular complexity index is 860. The van der Waals surface area contributed by atoms with E-state index in [-0.39, 0.29) is 30.5 Å². The second kappa shape index (κ2) is 9.68. The van der Waals surface area contributed by atoms with Crippen molar-refractivity contribution >= 4 is 29.4 Å². The number of para-hydroxylation sites is 1. The predicted molar refractivity (Wildman–Crippen MR) is 106 cm³/mol. The number of aliphatic carboxylic acids is 2. The molecule has 0 bridgehead atoms. The minimum absolute atomic E-state index is 0.00969. The van der Waals surface area contributed by atoms with Crippen molar-refractivity contribution in [3.05, 3.63) is 54.1 Å². The molecule has 2 rings (SSSR count). The lowest BCUT2D eigenvalue weighted by atomic mass is 9.78. The summed E-state index contributed by atoms with van der Waals surface area (Å²) in [6, 6.07) is 6.39. The maximum absolute atomic E-state index is 13.0. The Morgan fingerprint density at radius 3 is 2.45 bits per heavy atom. The van der Waals surface area contributed by atoms with Crippen LogP contribution in [0.2, 0.25) is 0 Å². The highest BCUT2D eigenvalue weighted by Gasteiger charge is 2.41. The number of anilines is 1. The van der Waals surface area contributed by atoms with E-state index in [1.165, 1.54) is 12.1 Å². The Kier molecular flexibility index (Phi) is 7.30. The normalized spacial score (nSPS) is 20.1. The van der Waals surface area contributed by atoms with Crippen molar-refractivity contribution in [1.82, 2.24) is 5.32 Å². The number of amides is 2. The van der Waals surface area contributed by atoms with Crippen molar-refractivity contribution in [1.29, 1.82) is 0 Å². The van der Waals surface area contributed by atoms with Crippen molar-refractivity contribution in [2.24, 2.45) is 5.92 Å². The molecule has 8 heteroatoms. The van der Waals surface area contributed by atoms with Gasteiger partial charge >= 0.3 is 11.9 Å². The summed E-state index contributed by atoms with van der Waals surface area (Å²) >= 11 is 0. The highest BCUT2D eigenvalue weighted by molar-refractivity contribution is 6.04. The van der Waals surface area contributed by atoms with Crippen LogP contribution in [-0.2, 0) is 14.4 Å². The lowest BCUT2D eigenvalue weighted by molar-refractivity contribution is -0.142. The first-order valence-electron chi connectivity index (χ1n) is 9.31. The topological polar surface area (TPSA) is 133 Å². The van der Waals surface area contributed by atoms with Gasteiger partial charge in [-0.25, -0.2) is 0 Å². The second-order valence-electron chi connectivity index (χ2n) is 6.75. The third-order valence-electron chi connectivity index (χ3n) is 4.80. The van der Waals surface area contributed by atoms with Crippen LogP contribution in [0.3, 0.4) is 0 Å². The van der Waals surface area contributed by atoms with Gasteiger partial charge in [0.2, 0.25) is 5.91 Å². The Morgan fingerprint density at radius 1 is 1.07 bits per heavy atom. The molecule has 0 aliphatic heterocycles. The molecule has 4 N–H and O–H groups in total. The fourth-order valence-electron chi connectivity index (χ4n) is 3.21. The fraction of sp³-hybridized carbons (Fsp3) is 0.333. The van der Waals surface area contributed by atoms with Crippen LogP contribution in [0, 0.1) is 5.92 Å². The summed E-state index contributed by atoms with van der Waals surface area (Å²) in [5, 5.41) is 23.6. The van der Waals surface area contributed by atoms with Gasteiger partial charge in [-0.2, -0.15) is 0 Å². The van der Waals surface area contributed by atoms with E-state index >= 15 is 0 Å². The minimum atomic E-state index is -1.09. The van der Waals surface area contributed by atoms with Crippen molar-refractivity contribution in [3.8, 4) is 0 Å². The number of benzene rings is 1. The molecule has 2 unspecified atom stereocenters. The van der Waals surface area contributed by atoms with Gasteiger partial charge in [0.15, 0.2) is 0 Å². The molecule has 0 radical (unpaired) electrons. The van der Waals surface area contributed by atoms with Gasteiger partial charge < -0.3 is 20.8 Å². The van der Waals surface area contributed by atoms with Gasteiger partial charge in [-0.1, -0.05) is 43.4 Å². The second-order valence-corrected chi connectivity index (χ2v) is 6.75. The first kappa shape index (κ1) is 21.9. The number of hydrogen-bond donors (Lipinski definition) is 4. The van der Waals surface area contributed by atoms with Crippen LogP contribution >= 0.6 is 0 Å². The van der Waals surface area contributed by atoms with Crippen LogP contribution in [0.4, 0.5) is 5.69 Å². The Labute approximate surface area is 168 Å². The van der Waals surface area contributed by atoms with Gasteiger partial charge in [0, 0.05) is 12.8 Å². The van der Waals surface area contributed by atoms with E-state index in [0.29, 0.717) is 6.42 Å². The minimum Gasteiger partial charge on any atom is -0.481 e. The number of carbonyl (C=O) groups is 4. The summed E-state index contributed by atoms with van der Waals surface area (Å²) in [7, 11) is 0. The summed E-state index contributed by atoms with van der Waals surface area (Å²) in [6.07, 6.45) is 6.95. The van der Waals surface area contributed by atoms with Crippen molar-refractivity contribution in [2.45, 2.75) is 38.1 Å². The smallest absolute Gasteiger partial charge is 0.313 e. The number of carboxylic acids is 2. The Morgan fingerprint density at radius 2 is 1.79 bits per heavy atom. The summed E-state index contributed by atoms with van der Waals surface area (Å²) in [4.78, 5) is 47.3. The Hall–Kier alpha value is -3.42. The van der Waals surface area contributed by atoms with Gasteiger partial charge in [-0.3, -0.25) is 19.2 Å². The van der Waals surface area contributed by atoms with Gasteiger partial charge in [-0.15, -0.1) is 0 Å². The highest BCUT2D eigenvalue weighted by atomic mass is 16.4. The van der Waals surface area contributed by atoms with Gasteiger partial charge in [0.25, 0.3) is 5.91 Å². The van der Waals surface area contributed by atoms with E-state index in [0.717, 1.165) is 0 Å². The highest BCUT2D eigenvalue weighted by Crippen LogP contribution is 2.29. The largest absolute Gasteiger partial charge is 0.481 e. The van der Waals surface area contributed by atoms with E-state index in [9.17, 15) is 24.3 Å². The lowest BCUT2D eigenvalue weighted by Gasteiger charge is -2.36. The van der Waals surface area contributed by atoms with Crippen molar-refractivity contribution in [3.63, 3.8) is 0 Å². The lowest BCUT2D eigenvalue weighted by Crippen LogP contribution is -2.54. The SMILES string of the molecule is CCC1(NC(=O)c2ccccc2NC(=O)CCCC(=O)O)C=CC=CC1C(=O)O. The van der Waals surface area contributed by atoms with Crippen LogP contribution in [0.25, 0.3) is 0 Å². The molecule has 0 spiro atoms. The predicted octanol–water partition coefficient (Wildman–Crippen LogP) is 2.59. The molecule has 0 saturated heterocycles. The maximum atomic E-state index is 13.0. The summed E-state index contributed by atoms with van der Waals surface area (Å²) in [5.74, 6) is -3.86. The number of carbonyl (C=O) groups excluding carboxylic acids is 2. The molecule has 29 heavy (non-hydrogen) atoms. The third kappa shape index (κ3) is 5.54. The van der Waals surface area contributed by atoms with E-state index < -0.39 is 35.2 Å². The molecule has 0 fully saturated rings. The van der Waals surface area contributed by atoms with Gasteiger partial charge in [0.05, 0.1) is 16.8 Å². The number of hydrogen-bond acceptors (Lipinski definition) is 4. The van der Waals surface area contributed by atoms with Crippen LogP contribution in [0.5, 0.6) is 0 Å². The molecular formula is C21H24N2O6. The van der Waals surface area contributed by atoms with Gasteiger partial charge in [-0.05, 0) is 25.0 Å². The molecule has 1 aliphatic rings. The first-order chi connectivity index (χ1) is 13.8. The molecule has 2 atom stereocenters. The number of rotatable bonds is 9. The summed E-state index contributed by atoms with van der Waals surface area (Å²) in [5.41, 5.74) is -0.617. The molecule has 1 aliphatic carbocycles. The number of nitrogens with one attached hydrogen (secondary N) is 2. The zero-order valence-electron chi connectivity index (χ0n) is 16.1. The summed E-state index contributed by atoms with van der Waals surface area (Å²) in [6.45, 7) is 1.79. The van der Waals surface area contributed by atoms with Crippen molar-refractivity contribution < 1.29 is 29.4 Å². The van der Waals surface area contributed by atoms with Crippen LogP contribution < -0.4 is 10.6 Å². The van der Waals surface area contributed by atoms with E-state index in [4.69, 9.17) is 5.11 Å². The van der Waals surface area contributed by atoms with E-state index in [2.05, 4.69) is 10.6 Å². The fourth-order valence-corrected chi connectivity index (χ4v) is 3.21.